The molecular weight excluding hydrogens is 323 g/mol. The largest absolute Gasteiger partial charge is 0.457 e. The van der Waals surface area contributed by atoms with Crippen LogP contribution in [0.5, 0.6) is 0 Å². The summed E-state index contributed by atoms with van der Waals surface area (Å²) in [6.07, 6.45) is 0. The Kier molecular flexibility index (Phi) is 4.40. The predicted molar refractivity (Wildman–Crippen MR) is 92.2 cm³/mol. The molecule has 25 heavy (non-hydrogen) atoms. The molecule has 4 nitrogen and oxygen atoms in total. The number of esters is 1. The van der Waals surface area contributed by atoms with E-state index < -0.39 is 17.4 Å². The molecule has 128 valence electrons. The van der Waals surface area contributed by atoms with Gasteiger partial charge in [-0.3, -0.25) is 0 Å². The first kappa shape index (κ1) is 16.9. The van der Waals surface area contributed by atoms with Crippen molar-refractivity contribution in [2.24, 2.45) is 0 Å². The van der Waals surface area contributed by atoms with E-state index in [0.717, 1.165) is 17.2 Å². The fourth-order valence-corrected chi connectivity index (χ4v) is 2.59. The first-order chi connectivity index (χ1) is 11.9. The summed E-state index contributed by atoms with van der Waals surface area (Å²) in [6.45, 7) is 5.31. The minimum atomic E-state index is -0.649. The Bertz CT molecular complexity index is 1030. The Balaban J connectivity index is 1.90. The number of halogens is 1. The number of carbonyl (C=O) groups excluding carboxylic acids is 1. The number of hydrogen-bond donors (Lipinski definition) is 0. The Morgan fingerprint density at radius 3 is 2.52 bits per heavy atom. The highest BCUT2D eigenvalue weighted by molar-refractivity contribution is 5.90. The quantitative estimate of drug-likeness (QED) is 0.529. The van der Waals surface area contributed by atoms with E-state index in [1.165, 1.54) is 18.2 Å². The van der Waals surface area contributed by atoms with Crippen LogP contribution in [0.15, 0.2) is 45.6 Å². The summed E-state index contributed by atoms with van der Waals surface area (Å²) in [7, 11) is 0. The highest BCUT2D eigenvalue weighted by Crippen LogP contribution is 2.24. The summed E-state index contributed by atoms with van der Waals surface area (Å²) < 4.78 is 24.1. The van der Waals surface area contributed by atoms with Crippen LogP contribution in [-0.4, -0.2) is 5.97 Å². The molecule has 0 aliphatic carbocycles. The zero-order valence-electron chi connectivity index (χ0n) is 14.2. The van der Waals surface area contributed by atoms with E-state index >= 15 is 0 Å². The maximum absolute atomic E-state index is 13.6. The third kappa shape index (κ3) is 3.31. The molecule has 0 fully saturated rings. The number of rotatable bonds is 3. The summed E-state index contributed by atoms with van der Waals surface area (Å²) in [4.78, 5) is 23.9. The van der Waals surface area contributed by atoms with Crippen LogP contribution in [0.25, 0.3) is 11.0 Å². The molecule has 0 amide bonds. The first-order valence-electron chi connectivity index (χ1n) is 7.83. The van der Waals surface area contributed by atoms with Gasteiger partial charge in [0.2, 0.25) is 0 Å². The van der Waals surface area contributed by atoms with E-state index in [0.29, 0.717) is 22.1 Å². The Morgan fingerprint density at radius 2 is 1.80 bits per heavy atom. The van der Waals surface area contributed by atoms with Gasteiger partial charge in [0, 0.05) is 17.0 Å². The van der Waals surface area contributed by atoms with Gasteiger partial charge in [0.1, 0.15) is 18.0 Å². The van der Waals surface area contributed by atoms with Crippen LogP contribution in [0.3, 0.4) is 0 Å². The molecule has 3 rings (SSSR count). The summed E-state index contributed by atoms with van der Waals surface area (Å²) in [5.74, 6) is -1.12. The van der Waals surface area contributed by atoms with E-state index in [1.54, 1.807) is 6.92 Å². The Labute approximate surface area is 143 Å². The maximum Gasteiger partial charge on any atom is 0.338 e. The SMILES string of the molecule is Cc1ccc(C(=O)OCc2cc(=O)oc3c(C)c(C)ccc23)cc1F. The molecule has 0 bridgehead atoms. The Hall–Kier alpha value is -2.95. The highest BCUT2D eigenvalue weighted by Gasteiger charge is 2.13. The zero-order valence-corrected chi connectivity index (χ0v) is 14.2. The monoisotopic (exact) mass is 340 g/mol. The van der Waals surface area contributed by atoms with Crippen LogP contribution < -0.4 is 5.63 Å². The molecule has 3 aromatic rings. The van der Waals surface area contributed by atoms with Crippen molar-refractivity contribution < 1.29 is 18.3 Å². The van der Waals surface area contributed by atoms with Gasteiger partial charge in [0.05, 0.1) is 5.56 Å². The fourth-order valence-electron chi connectivity index (χ4n) is 2.59. The van der Waals surface area contributed by atoms with Crippen LogP contribution in [0.4, 0.5) is 4.39 Å². The number of hydrogen-bond acceptors (Lipinski definition) is 4. The molecule has 0 spiro atoms. The van der Waals surface area contributed by atoms with Crippen molar-refractivity contribution in [1.29, 1.82) is 0 Å². The van der Waals surface area contributed by atoms with Gasteiger partial charge in [-0.2, -0.15) is 0 Å². The summed E-state index contributed by atoms with van der Waals surface area (Å²) in [5, 5.41) is 0.714. The summed E-state index contributed by atoms with van der Waals surface area (Å²) in [6, 6.07) is 9.22. The van der Waals surface area contributed by atoms with Crippen LogP contribution in [0.1, 0.15) is 32.6 Å². The predicted octanol–water partition coefficient (Wildman–Crippen LogP) is 4.21. The van der Waals surface area contributed by atoms with Gasteiger partial charge >= 0.3 is 11.6 Å². The van der Waals surface area contributed by atoms with Crippen LogP contribution in [0, 0.1) is 26.6 Å². The molecule has 0 saturated heterocycles. The van der Waals surface area contributed by atoms with Gasteiger partial charge in [-0.05, 0) is 49.6 Å². The lowest BCUT2D eigenvalue weighted by atomic mass is 10.0. The van der Waals surface area contributed by atoms with Crippen molar-refractivity contribution in [3.05, 3.63) is 80.5 Å². The van der Waals surface area contributed by atoms with Crippen molar-refractivity contribution in [1.82, 2.24) is 0 Å². The second kappa shape index (κ2) is 6.51. The minimum Gasteiger partial charge on any atom is -0.457 e. The molecule has 0 saturated carbocycles. The average molecular weight is 340 g/mol. The minimum absolute atomic E-state index is 0.0983. The van der Waals surface area contributed by atoms with Gasteiger partial charge in [0.25, 0.3) is 0 Å². The molecule has 0 aliphatic heterocycles. The molecule has 0 unspecified atom stereocenters. The second-order valence-electron chi connectivity index (χ2n) is 6.01. The number of fused-ring (bicyclic) bond motifs is 1. The third-order valence-electron chi connectivity index (χ3n) is 4.28. The maximum atomic E-state index is 13.6. The van der Waals surface area contributed by atoms with Gasteiger partial charge in [0.15, 0.2) is 0 Å². The molecule has 1 aromatic heterocycles. The number of benzene rings is 2. The van der Waals surface area contributed by atoms with Crippen molar-refractivity contribution >= 4 is 16.9 Å². The van der Waals surface area contributed by atoms with E-state index in [4.69, 9.17) is 9.15 Å². The lowest BCUT2D eigenvalue weighted by Gasteiger charge is -2.10. The smallest absolute Gasteiger partial charge is 0.338 e. The van der Waals surface area contributed by atoms with Crippen LogP contribution in [0.2, 0.25) is 0 Å². The molecular formula is C20H17FO4. The van der Waals surface area contributed by atoms with Crippen molar-refractivity contribution in [2.45, 2.75) is 27.4 Å². The molecule has 0 N–H and O–H groups in total. The van der Waals surface area contributed by atoms with Gasteiger partial charge in [-0.1, -0.05) is 18.2 Å². The van der Waals surface area contributed by atoms with Crippen molar-refractivity contribution in [3.63, 3.8) is 0 Å². The standard InChI is InChI=1S/C20H17FO4/c1-11-5-7-16-15(9-18(22)25-19(16)13(11)3)10-24-20(23)14-6-4-12(2)17(21)8-14/h4-9H,10H2,1-3H3. The second-order valence-corrected chi connectivity index (χ2v) is 6.01. The number of aryl methyl sites for hydroxylation is 3. The third-order valence-corrected chi connectivity index (χ3v) is 4.28. The van der Waals surface area contributed by atoms with E-state index in [1.807, 2.05) is 26.0 Å². The van der Waals surface area contributed by atoms with E-state index in [9.17, 15) is 14.0 Å². The fraction of sp³-hybridized carbons (Fsp3) is 0.200. The highest BCUT2D eigenvalue weighted by atomic mass is 19.1. The normalized spacial score (nSPS) is 10.9. The zero-order chi connectivity index (χ0) is 18.1. The molecule has 0 aliphatic rings. The molecule has 0 radical (unpaired) electrons. The average Bonchev–Trinajstić information content (AvgIpc) is 2.58. The van der Waals surface area contributed by atoms with Crippen LogP contribution in [-0.2, 0) is 11.3 Å². The van der Waals surface area contributed by atoms with E-state index in [-0.39, 0.29) is 12.2 Å². The van der Waals surface area contributed by atoms with Crippen LogP contribution >= 0.6 is 0 Å². The Morgan fingerprint density at radius 1 is 1.08 bits per heavy atom. The van der Waals surface area contributed by atoms with Gasteiger partial charge in [-0.15, -0.1) is 0 Å². The summed E-state index contributed by atoms with van der Waals surface area (Å²) >= 11 is 0. The topological polar surface area (TPSA) is 56.5 Å². The molecule has 0 atom stereocenters. The molecule has 2 aromatic carbocycles. The van der Waals surface area contributed by atoms with Crippen molar-refractivity contribution in [3.8, 4) is 0 Å². The molecule has 5 heteroatoms. The van der Waals surface area contributed by atoms with Crippen molar-refractivity contribution in [2.75, 3.05) is 0 Å². The van der Waals surface area contributed by atoms with Gasteiger partial charge in [-0.25, -0.2) is 14.0 Å². The first-order valence-corrected chi connectivity index (χ1v) is 7.83. The molecule has 1 heterocycles. The van der Waals surface area contributed by atoms with E-state index in [2.05, 4.69) is 0 Å². The van der Waals surface area contributed by atoms with Gasteiger partial charge < -0.3 is 9.15 Å². The summed E-state index contributed by atoms with van der Waals surface area (Å²) in [5.41, 5.74) is 2.98. The lowest BCUT2D eigenvalue weighted by molar-refractivity contribution is 0.0473. The number of ether oxygens (including phenoxy) is 1. The number of carbonyl (C=O) groups is 1. The lowest BCUT2D eigenvalue weighted by Crippen LogP contribution is -2.09.